The van der Waals surface area contributed by atoms with E-state index in [2.05, 4.69) is 15.6 Å². The van der Waals surface area contributed by atoms with Gasteiger partial charge in [-0.05, 0) is 53.4 Å². The third-order valence-corrected chi connectivity index (χ3v) is 5.66. The molecule has 4 aromatic rings. The number of aromatic amines is 1. The van der Waals surface area contributed by atoms with E-state index in [0.717, 1.165) is 33.3 Å². The Morgan fingerprint density at radius 3 is 2.37 bits per heavy atom. The number of benzene rings is 3. The van der Waals surface area contributed by atoms with Crippen LogP contribution in [0, 0.1) is 5.82 Å². The molecule has 0 aliphatic rings. The number of hydrogen-bond donors (Lipinski definition) is 4. The number of fused-ring (bicyclic) bond motifs is 1. The van der Waals surface area contributed by atoms with Crippen LogP contribution in [0.2, 0.25) is 0 Å². The first-order valence-corrected chi connectivity index (χ1v) is 11.2. The predicted octanol–water partition coefficient (Wildman–Crippen LogP) is 3.44. The molecule has 0 fully saturated rings. The Bertz CT molecular complexity index is 1360. The Morgan fingerprint density at radius 2 is 1.66 bits per heavy atom. The Morgan fingerprint density at radius 1 is 0.914 bits per heavy atom. The number of carbonyl (C=O) groups is 3. The van der Waals surface area contributed by atoms with Crippen molar-refractivity contribution in [3.8, 4) is 11.3 Å². The van der Waals surface area contributed by atoms with Crippen molar-refractivity contribution in [1.29, 1.82) is 0 Å². The van der Waals surface area contributed by atoms with Crippen LogP contribution in [0.25, 0.3) is 22.2 Å². The lowest BCUT2D eigenvalue weighted by Crippen LogP contribution is -2.33. The summed E-state index contributed by atoms with van der Waals surface area (Å²) in [5.74, 6) is -1.48. The number of nitrogens with one attached hydrogen (secondary N) is 3. The first-order chi connectivity index (χ1) is 16.9. The molecule has 7 nitrogen and oxygen atoms in total. The van der Waals surface area contributed by atoms with Crippen LogP contribution >= 0.6 is 0 Å². The third-order valence-electron chi connectivity index (χ3n) is 5.66. The standard InChI is InChI=1S/C27H25FN4O3/c28-20-10-12-23-22(14-20)21(26(32-23)18-4-2-1-3-5-18)11-13-25(34)30-15-17-6-8-19(9-7-17)27(35)31-16-24(29)33/h1-10,12,14,32H,11,13,15-16H2,(H2,29,33)(H,30,34)(H,31,35). The van der Waals surface area contributed by atoms with E-state index in [4.69, 9.17) is 5.73 Å². The van der Waals surface area contributed by atoms with Crippen LogP contribution in [0.4, 0.5) is 4.39 Å². The first-order valence-electron chi connectivity index (χ1n) is 11.2. The largest absolute Gasteiger partial charge is 0.368 e. The van der Waals surface area contributed by atoms with Crippen LogP contribution in [0.15, 0.2) is 72.8 Å². The smallest absolute Gasteiger partial charge is 0.251 e. The number of aromatic nitrogens is 1. The summed E-state index contributed by atoms with van der Waals surface area (Å²) < 4.78 is 14.0. The van der Waals surface area contributed by atoms with Gasteiger partial charge in [-0.3, -0.25) is 14.4 Å². The first kappa shape index (κ1) is 23.7. The van der Waals surface area contributed by atoms with Crippen LogP contribution < -0.4 is 16.4 Å². The van der Waals surface area contributed by atoms with Crippen molar-refractivity contribution in [2.45, 2.75) is 19.4 Å². The Balaban J connectivity index is 1.39. The molecule has 178 valence electrons. The molecule has 3 amide bonds. The van der Waals surface area contributed by atoms with Crippen LogP contribution in [-0.4, -0.2) is 29.3 Å². The molecule has 1 heterocycles. The molecule has 0 saturated carbocycles. The van der Waals surface area contributed by atoms with E-state index in [-0.39, 0.29) is 24.7 Å². The summed E-state index contributed by atoms with van der Waals surface area (Å²) in [5.41, 5.74) is 9.81. The highest BCUT2D eigenvalue weighted by Gasteiger charge is 2.15. The molecule has 0 spiro atoms. The van der Waals surface area contributed by atoms with Gasteiger partial charge in [0.25, 0.3) is 5.91 Å². The third kappa shape index (κ3) is 5.92. The maximum atomic E-state index is 14.0. The van der Waals surface area contributed by atoms with Crippen molar-refractivity contribution in [3.63, 3.8) is 0 Å². The average molecular weight is 473 g/mol. The number of carbonyl (C=O) groups excluding carboxylic acids is 3. The summed E-state index contributed by atoms with van der Waals surface area (Å²) in [4.78, 5) is 38.7. The van der Waals surface area contributed by atoms with Gasteiger partial charge in [0.15, 0.2) is 0 Å². The van der Waals surface area contributed by atoms with Gasteiger partial charge >= 0.3 is 0 Å². The predicted molar refractivity (Wildman–Crippen MR) is 132 cm³/mol. The molecule has 3 aromatic carbocycles. The van der Waals surface area contributed by atoms with Crippen molar-refractivity contribution in [2.75, 3.05) is 6.54 Å². The zero-order chi connectivity index (χ0) is 24.8. The van der Waals surface area contributed by atoms with Gasteiger partial charge in [0, 0.05) is 35.1 Å². The molecule has 5 N–H and O–H groups in total. The van der Waals surface area contributed by atoms with E-state index in [1.807, 2.05) is 30.3 Å². The molecule has 0 unspecified atom stereocenters. The van der Waals surface area contributed by atoms with Crippen molar-refractivity contribution in [1.82, 2.24) is 15.6 Å². The lowest BCUT2D eigenvalue weighted by molar-refractivity contribution is -0.121. The van der Waals surface area contributed by atoms with Gasteiger partial charge in [-0.2, -0.15) is 0 Å². The fourth-order valence-electron chi connectivity index (χ4n) is 3.90. The molecule has 8 heteroatoms. The number of nitrogens with two attached hydrogens (primary N) is 1. The summed E-state index contributed by atoms with van der Waals surface area (Å²) in [6.07, 6.45) is 0.676. The molecular formula is C27H25FN4O3. The van der Waals surface area contributed by atoms with Crippen LogP contribution in [0.1, 0.15) is 27.9 Å². The number of halogens is 1. The number of amides is 3. The van der Waals surface area contributed by atoms with Crippen LogP contribution in [0.3, 0.4) is 0 Å². The average Bonchev–Trinajstić information content (AvgIpc) is 3.23. The highest BCUT2D eigenvalue weighted by molar-refractivity contribution is 5.96. The normalized spacial score (nSPS) is 10.8. The van der Waals surface area contributed by atoms with Gasteiger partial charge < -0.3 is 21.4 Å². The van der Waals surface area contributed by atoms with Gasteiger partial charge in [0.1, 0.15) is 5.82 Å². The van der Waals surface area contributed by atoms with Gasteiger partial charge in [0.2, 0.25) is 11.8 Å². The second-order valence-electron chi connectivity index (χ2n) is 8.16. The topological polar surface area (TPSA) is 117 Å². The number of hydrogen-bond acceptors (Lipinski definition) is 3. The molecule has 0 atom stereocenters. The highest BCUT2D eigenvalue weighted by atomic mass is 19.1. The molecule has 0 bridgehead atoms. The van der Waals surface area contributed by atoms with Crippen LogP contribution in [-0.2, 0) is 22.6 Å². The van der Waals surface area contributed by atoms with Crippen molar-refractivity contribution < 1.29 is 18.8 Å². The minimum atomic E-state index is -0.619. The maximum Gasteiger partial charge on any atom is 0.251 e. The second-order valence-corrected chi connectivity index (χ2v) is 8.16. The Hall–Kier alpha value is -4.46. The lowest BCUT2D eigenvalue weighted by Gasteiger charge is -2.08. The van der Waals surface area contributed by atoms with Crippen molar-refractivity contribution in [2.24, 2.45) is 5.73 Å². The Kier molecular flexibility index (Phi) is 7.21. The van der Waals surface area contributed by atoms with E-state index in [9.17, 15) is 18.8 Å². The zero-order valence-electron chi connectivity index (χ0n) is 18.9. The maximum absolute atomic E-state index is 14.0. The lowest BCUT2D eigenvalue weighted by atomic mass is 10.0. The van der Waals surface area contributed by atoms with Gasteiger partial charge in [-0.25, -0.2) is 4.39 Å². The molecule has 0 aliphatic carbocycles. The van der Waals surface area contributed by atoms with Crippen molar-refractivity contribution >= 4 is 28.6 Å². The van der Waals surface area contributed by atoms with E-state index >= 15 is 0 Å². The monoisotopic (exact) mass is 472 g/mol. The molecule has 1 aromatic heterocycles. The number of aryl methyl sites for hydroxylation is 1. The summed E-state index contributed by atoms with van der Waals surface area (Å²) in [6.45, 7) is 0.0712. The van der Waals surface area contributed by atoms with Crippen molar-refractivity contribution in [3.05, 3.63) is 95.3 Å². The molecular weight excluding hydrogens is 447 g/mol. The molecule has 0 aliphatic heterocycles. The number of primary amides is 1. The minimum absolute atomic E-state index is 0.141. The summed E-state index contributed by atoms with van der Waals surface area (Å²) >= 11 is 0. The molecule has 0 radical (unpaired) electrons. The minimum Gasteiger partial charge on any atom is -0.368 e. The zero-order valence-corrected chi connectivity index (χ0v) is 18.9. The second kappa shape index (κ2) is 10.6. The van der Waals surface area contributed by atoms with Gasteiger partial charge in [-0.15, -0.1) is 0 Å². The van der Waals surface area contributed by atoms with E-state index in [0.29, 0.717) is 18.5 Å². The van der Waals surface area contributed by atoms with E-state index in [1.165, 1.54) is 12.1 Å². The summed E-state index contributed by atoms with van der Waals surface area (Å²) in [5, 5.41) is 6.07. The van der Waals surface area contributed by atoms with E-state index < -0.39 is 11.8 Å². The SMILES string of the molecule is NC(=O)CNC(=O)c1ccc(CNC(=O)CCc2c(-c3ccccc3)[nH]c3ccc(F)cc23)cc1. The molecule has 35 heavy (non-hydrogen) atoms. The Labute approximate surface area is 201 Å². The summed E-state index contributed by atoms with van der Waals surface area (Å²) in [7, 11) is 0. The molecule has 0 saturated heterocycles. The summed E-state index contributed by atoms with van der Waals surface area (Å²) in [6, 6.07) is 21.1. The highest BCUT2D eigenvalue weighted by Crippen LogP contribution is 2.31. The fraction of sp³-hybridized carbons (Fsp3) is 0.148. The van der Waals surface area contributed by atoms with Gasteiger partial charge in [0.05, 0.1) is 6.54 Å². The number of rotatable bonds is 9. The quantitative estimate of drug-likeness (QED) is 0.299. The number of H-pyrrole nitrogens is 1. The van der Waals surface area contributed by atoms with Gasteiger partial charge in [-0.1, -0.05) is 42.5 Å². The molecule has 4 rings (SSSR count). The fourth-order valence-corrected chi connectivity index (χ4v) is 3.90. The van der Waals surface area contributed by atoms with E-state index in [1.54, 1.807) is 30.3 Å². The van der Waals surface area contributed by atoms with Crippen LogP contribution in [0.5, 0.6) is 0 Å².